The van der Waals surface area contributed by atoms with Crippen LogP contribution in [0.4, 0.5) is 0 Å². The average Bonchev–Trinajstić information content (AvgIpc) is 3.10. The Balaban J connectivity index is 0.00000243. The Morgan fingerprint density at radius 2 is 2.31 bits per heavy atom. The number of halogens is 1. The Bertz CT molecular complexity index is 855. The molecule has 2 heterocycles. The molecule has 0 spiro atoms. The van der Waals surface area contributed by atoms with Crippen LogP contribution in [0.25, 0.3) is 11.5 Å². The molecule has 0 saturated carbocycles. The molecule has 1 fully saturated rings. The zero-order valence-corrected chi connectivity index (χ0v) is 16.0. The van der Waals surface area contributed by atoms with Gasteiger partial charge in [0, 0.05) is 31.7 Å². The minimum absolute atomic E-state index is 0. The van der Waals surface area contributed by atoms with Gasteiger partial charge >= 0.3 is 0 Å². The van der Waals surface area contributed by atoms with E-state index in [9.17, 15) is 8.42 Å². The molecule has 0 radical (unpaired) electrons. The molecule has 0 bridgehead atoms. The summed E-state index contributed by atoms with van der Waals surface area (Å²) in [6.07, 6.45) is 1.49. The molecule has 1 aromatic heterocycles. The summed E-state index contributed by atoms with van der Waals surface area (Å²) < 4.78 is 32.3. The van der Waals surface area contributed by atoms with Crippen LogP contribution in [0.2, 0.25) is 0 Å². The Morgan fingerprint density at radius 1 is 1.50 bits per heavy atom. The van der Waals surface area contributed by atoms with E-state index in [-0.39, 0.29) is 29.9 Å². The number of benzene rings is 1. The van der Waals surface area contributed by atoms with Gasteiger partial charge in [0.25, 0.3) is 5.89 Å². The van der Waals surface area contributed by atoms with E-state index in [1.54, 1.807) is 12.1 Å². The molecule has 0 amide bonds. The van der Waals surface area contributed by atoms with Gasteiger partial charge in [-0.2, -0.15) is 4.98 Å². The summed E-state index contributed by atoms with van der Waals surface area (Å²) in [6.45, 7) is 6.24. The van der Waals surface area contributed by atoms with Gasteiger partial charge < -0.3 is 9.84 Å². The quantitative estimate of drug-likeness (QED) is 0.704. The van der Waals surface area contributed by atoms with E-state index in [2.05, 4.69) is 31.7 Å². The normalized spacial score (nSPS) is 18.3. The monoisotopic (exact) mass is 399 g/mol. The second-order valence-electron chi connectivity index (χ2n) is 5.83. The van der Waals surface area contributed by atoms with Crippen LogP contribution in [0, 0.1) is 0 Å². The maximum absolute atomic E-state index is 12.2. The zero-order chi connectivity index (χ0) is 17.9. The third-order valence-electron chi connectivity index (χ3n) is 4.06. The number of hydrogen-bond acceptors (Lipinski definition) is 7. The standard InChI is InChI=1S/C16H21N5O3S.ClH/c1-3-7-18-25(22,23)13-6-4-5-12(10-13)16-19-15(20-24-16)14-11-17-8-9-21(14)2;/h3-6,10,14,17-18H,1,7-9,11H2,2H3;1H. The lowest BCUT2D eigenvalue weighted by Crippen LogP contribution is -2.44. The van der Waals surface area contributed by atoms with Crippen molar-refractivity contribution in [1.82, 2.24) is 25.1 Å². The van der Waals surface area contributed by atoms with Gasteiger partial charge in [0.05, 0.1) is 10.9 Å². The van der Waals surface area contributed by atoms with Crippen LogP contribution in [0.1, 0.15) is 11.9 Å². The topological polar surface area (TPSA) is 100 Å². The number of sulfonamides is 1. The first-order valence-electron chi connectivity index (χ1n) is 7.97. The highest BCUT2D eigenvalue weighted by Gasteiger charge is 2.25. The minimum Gasteiger partial charge on any atom is -0.334 e. The highest BCUT2D eigenvalue weighted by molar-refractivity contribution is 7.89. The van der Waals surface area contributed by atoms with Gasteiger partial charge in [-0.15, -0.1) is 19.0 Å². The predicted molar refractivity (Wildman–Crippen MR) is 101 cm³/mol. The van der Waals surface area contributed by atoms with Crippen molar-refractivity contribution in [2.45, 2.75) is 10.9 Å². The van der Waals surface area contributed by atoms with Crippen molar-refractivity contribution in [3.05, 3.63) is 42.7 Å². The van der Waals surface area contributed by atoms with Gasteiger partial charge in [0.15, 0.2) is 5.82 Å². The minimum atomic E-state index is -3.60. The lowest BCUT2D eigenvalue weighted by atomic mass is 10.2. The molecule has 1 atom stereocenters. The highest BCUT2D eigenvalue weighted by atomic mass is 35.5. The van der Waals surface area contributed by atoms with Gasteiger partial charge in [0.2, 0.25) is 10.0 Å². The molecule has 1 saturated heterocycles. The van der Waals surface area contributed by atoms with Crippen molar-refractivity contribution in [3.63, 3.8) is 0 Å². The summed E-state index contributed by atoms with van der Waals surface area (Å²) in [6, 6.07) is 6.46. The van der Waals surface area contributed by atoms with E-state index in [0.717, 1.165) is 19.6 Å². The van der Waals surface area contributed by atoms with Crippen LogP contribution in [0.15, 0.2) is 46.3 Å². The molecule has 3 rings (SSSR count). The molecule has 2 N–H and O–H groups in total. The summed E-state index contributed by atoms with van der Waals surface area (Å²) in [5.41, 5.74) is 0.562. The van der Waals surface area contributed by atoms with Crippen molar-refractivity contribution in [3.8, 4) is 11.5 Å². The first-order valence-corrected chi connectivity index (χ1v) is 9.45. The lowest BCUT2D eigenvalue weighted by Gasteiger charge is -2.30. The molecule has 26 heavy (non-hydrogen) atoms. The van der Waals surface area contributed by atoms with E-state index in [1.165, 1.54) is 18.2 Å². The summed E-state index contributed by atoms with van der Waals surface area (Å²) in [7, 11) is -1.59. The van der Waals surface area contributed by atoms with Crippen molar-refractivity contribution in [1.29, 1.82) is 0 Å². The van der Waals surface area contributed by atoms with Gasteiger partial charge in [0.1, 0.15) is 0 Å². The number of piperazine rings is 1. The Labute approximate surface area is 159 Å². The molecule has 1 aromatic carbocycles. The second-order valence-corrected chi connectivity index (χ2v) is 7.59. The lowest BCUT2D eigenvalue weighted by molar-refractivity contribution is 0.190. The molecule has 2 aromatic rings. The van der Waals surface area contributed by atoms with E-state index >= 15 is 0 Å². The molecule has 8 nitrogen and oxygen atoms in total. The Kier molecular flexibility index (Phi) is 6.90. The Morgan fingerprint density at radius 3 is 3.04 bits per heavy atom. The zero-order valence-electron chi connectivity index (χ0n) is 14.4. The van der Waals surface area contributed by atoms with Gasteiger partial charge in [-0.1, -0.05) is 17.3 Å². The highest BCUT2D eigenvalue weighted by Crippen LogP contribution is 2.24. The molecule has 1 aliphatic rings. The maximum Gasteiger partial charge on any atom is 0.258 e. The van der Waals surface area contributed by atoms with Crippen LogP contribution >= 0.6 is 12.4 Å². The second kappa shape index (κ2) is 8.74. The predicted octanol–water partition coefficient (Wildman–Crippen LogP) is 1.20. The van der Waals surface area contributed by atoms with E-state index < -0.39 is 10.0 Å². The Hall–Kier alpha value is -1.78. The SMILES string of the molecule is C=CCNS(=O)(=O)c1cccc(-c2nc(C3CNCCN3C)no2)c1.Cl. The number of aromatic nitrogens is 2. The fourth-order valence-electron chi connectivity index (χ4n) is 2.63. The molecular formula is C16H22ClN5O3S. The molecular weight excluding hydrogens is 378 g/mol. The summed E-state index contributed by atoms with van der Waals surface area (Å²) in [5, 5.41) is 7.36. The number of likely N-dealkylation sites (N-methyl/N-ethyl adjacent to an activating group) is 1. The van der Waals surface area contributed by atoms with Crippen LogP contribution in [-0.4, -0.2) is 56.7 Å². The van der Waals surface area contributed by atoms with Gasteiger partial charge in [-0.05, 0) is 25.2 Å². The van der Waals surface area contributed by atoms with Crippen LogP contribution < -0.4 is 10.0 Å². The molecule has 1 unspecified atom stereocenters. The fourth-order valence-corrected chi connectivity index (χ4v) is 3.67. The van der Waals surface area contributed by atoms with Crippen LogP contribution in [-0.2, 0) is 10.0 Å². The number of nitrogens with zero attached hydrogens (tertiary/aromatic N) is 3. The van der Waals surface area contributed by atoms with Gasteiger partial charge in [-0.25, -0.2) is 13.1 Å². The van der Waals surface area contributed by atoms with Gasteiger partial charge in [-0.3, -0.25) is 4.90 Å². The van der Waals surface area contributed by atoms with Crippen molar-refractivity contribution < 1.29 is 12.9 Å². The third kappa shape index (κ3) is 4.49. The average molecular weight is 400 g/mol. The molecule has 10 heteroatoms. The van der Waals surface area contributed by atoms with Crippen LogP contribution in [0.3, 0.4) is 0 Å². The van der Waals surface area contributed by atoms with Crippen molar-refractivity contribution in [2.24, 2.45) is 0 Å². The largest absolute Gasteiger partial charge is 0.334 e. The van der Waals surface area contributed by atoms with Crippen molar-refractivity contribution >= 4 is 22.4 Å². The van der Waals surface area contributed by atoms with Crippen LogP contribution in [0.5, 0.6) is 0 Å². The maximum atomic E-state index is 12.2. The fraction of sp³-hybridized carbons (Fsp3) is 0.375. The number of rotatable bonds is 6. The summed E-state index contributed by atoms with van der Waals surface area (Å²) in [4.78, 5) is 6.75. The van der Waals surface area contributed by atoms with E-state index in [1.807, 2.05) is 7.05 Å². The van der Waals surface area contributed by atoms with E-state index in [0.29, 0.717) is 17.3 Å². The molecule has 142 valence electrons. The number of nitrogens with one attached hydrogen (secondary N) is 2. The summed E-state index contributed by atoms with van der Waals surface area (Å²) in [5.74, 6) is 0.887. The smallest absolute Gasteiger partial charge is 0.258 e. The summed E-state index contributed by atoms with van der Waals surface area (Å²) >= 11 is 0. The first kappa shape index (κ1) is 20.5. The molecule has 0 aliphatic carbocycles. The first-order chi connectivity index (χ1) is 12.0. The number of hydrogen-bond donors (Lipinski definition) is 2. The van der Waals surface area contributed by atoms with E-state index in [4.69, 9.17) is 4.52 Å². The molecule has 1 aliphatic heterocycles. The van der Waals surface area contributed by atoms with Crippen molar-refractivity contribution in [2.75, 3.05) is 33.2 Å². The third-order valence-corrected chi connectivity index (χ3v) is 5.48.